The summed E-state index contributed by atoms with van der Waals surface area (Å²) < 4.78 is 0. The highest BCUT2D eigenvalue weighted by atomic mass is 32.9. The first-order valence-corrected chi connectivity index (χ1v) is 24.3. The highest BCUT2D eigenvalue weighted by Gasteiger charge is 2.29. The van der Waals surface area contributed by atoms with Gasteiger partial charge in [-0.1, -0.05) is 0 Å². The Morgan fingerprint density at radius 3 is 0.500 bits per heavy atom. The third kappa shape index (κ3) is 21.5. The summed E-state index contributed by atoms with van der Waals surface area (Å²) in [6, 6.07) is 0. The molecule has 2 nitrogen and oxygen atoms in total. The van der Waals surface area contributed by atoms with Gasteiger partial charge in [-0.05, 0) is 83.1 Å². The summed E-state index contributed by atoms with van der Waals surface area (Å²) in [5.41, 5.74) is -3.72. The van der Waals surface area contributed by atoms with E-state index in [4.69, 9.17) is 0 Å². The molecule has 0 spiro atoms. The quantitative estimate of drug-likeness (QED) is 0.179. The van der Waals surface area contributed by atoms with Crippen LogP contribution in [0.2, 0.25) is 0 Å². The van der Waals surface area contributed by atoms with Gasteiger partial charge in [-0.15, -0.1) is 0 Å². The van der Waals surface area contributed by atoms with Gasteiger partial charge in [-0.3, -0.25) is 0 Å². The van der Waals surface area contributed by atoms with Crippen LogP contribution in [-0.4, -0.2) is 73.9 Å². The molecule has 200 valence electrons. The molecule has 0 amide bonds. The molecule has 0 aromatic carbocycles. The Labute approximate surface area is 217 Å². The Hall–Kier alpha value is 2.21. The van der Waals surface area contributed by atoms with Crippen LogP contribution in [0.1, 0.15) is 83.1 Å². The zero-order chi connectivity index (χ0) is 26.5. The summed E-state index contributed by atoms with van der Waals surface area (Å²) in [4.78, 5) is 18.6. The lowest BCUT2D eigenvalue weighted by Gasteiger charge is -2.44. The van der Waals surface area contributed by atoms with Gasteiger partial charge in [0.05, 0.1) is 73.9 Å². The SMILES string of the molecule is CC[P+](CC)(CC)CC.CC[P+](CC)(CC)CC.CC[P+](CC)(CC)CC.[O-]P([O-])(=S)[S-]. The van der Waals surface area contributed by atoms with Gasteiger partial charge in [0, 0.05) is 21.8 Å². The normalized spacial score (nSPS) is 12.0. The van der Waals surface area contributed by atoms with Crippen molar-refractivity contribution in [2.24, 2.45) is 0 Å². The lowest BCUT2D eigenvalue weighted by atomic mass is 10.9. The van der Waals surface area contributed by atoms with E-state index >= 15 is 0 Å². The number of hydrogen-bond acceptors (Lipinski definition) is 4. The minimum Gasteiger partial charge on any atom is -0.850 e. The van der Waals surface area contributed by atoms with Gasteiger partial charge in [0.1, 0.15) is 0 Å². The molecule has 32 heavy (non-hydrogen) atoms. The van der Waals surface area contributed by atoms with Gasteiger partial charge in [-0.25, -0.2) is 0 Å². The molecule has 0 N–H and O–H groups in total. The molecular weight excluding hydrogens is 508 g/mol. The summed E-state index contributed by atoms with van der Waals surface area (Å²) in [6.07, 6.45) is 17.5. The van der Waals surface area contributed by atoms with E-state index in [2.05, 4.69) is 107 Å². The van der Waals surface area contributed by atoms with Crippen molar-refractivity contribution >= 4 is 51.5 Å². The standard InChI is InChI=1S/3C8H20P.H3O2PS2/c3*1-5-9(6-2,7-3)8-4;1-3(2,4)5/h3*5-8H2,1-4H3;(H3,1,2,4,5)/q3*+1;/p-3. The summed E-state index contributed by atoms with van der Waals surface area (Å²) in [5.74, 6) is 0. The van der Waals surface area contributed by atoms with Crippen LogP contribution in [0.15, 0.2) is 0 Å². The molecule has 0 aliphatic heterocycles. The summed E-state index contributed by atoms with van der Waals surface area (Å²) in [7, 11) is -1.26. The fourth-order valence-corrected chi connectivity index (χ4v) is 12.1. The van der Waals surface area contributed by atoms with Gasteiger partial charge < -0.3 is 27.7 Å². The predicted molar refractivity (Wildman–Crippen MR) is 169 cm³/mol. The maximum atomic E-state index is 9.29. The second-order valence-electron chi connectivity index (χ2n) is 8.27. The van der Waals surface area contributed by atoms with Crippen molar-refractivity contribution in [2.45, 2.75) is 83.1 Å². The van der Waals surface area contributed by atoms with E-state index in [1.165, 1.54) is 73.9 Å². The lowest BCUT2D eigenvalue weighted by Crippen LogP contribution is -2.08. The van der Waals surface area contributed by atoms with Gasteiger partial charge in [0.15, 0.2) is 0 Å². The predicted octanol–water partition coefficient (Wildman–Crippen LogP) is 7.73. The first-order chi connectivity index (χ1) is 14.7. The van der Waals surface area contributed by atoms with Crippen molar-refractivity contribution in [3.05, 3.63) is 0 Å². The molecule has 0 aromatic rings. The molecule has 0 rings (SSSR count). The van der Waals surface area contributed by atoms with E-state index < -0.39 is 27.5 Å². The average molecular weight is 569 g/mol. The van der Waals surface area contributed by atoms with Gasteiger partial charge >= 0.3 is 0 Å². The maximum Gasteiger partial charge on any atom is 0.0565 e. The number of hydrogen-bond donors (Lipinski definition) is 0. The highest BCUT2D eigenvalue weighted by Crippen LogP contribution is 2.58. The van der Waals surface area contributed by atoms with Gasteiger partial charge in [-0.2, -0.15) is 11.8 Å². The maximum absolute atomic E-state index is 9.29. The van der Waals surface area contributed by atoms with E-state index in [-0.39, 0.29) is 0 Å². The van der Waals surface area contributed by atoms with E-state index in [0.29, 0.717) is 0 Å². The lowest BCUT2D eigenvalue weighted by molar-refractivity contribution is -0.284. The molecule has 0 heterocycles. The Kier molecular flexibility index (Phi) is 30.5. The van der Waals surface area contributed by atoms with E-state index in [0.717, 1.165) is 0 Å². The molecule has 0 fully saturated rings. The molecule has 0 unspecified atom stereocenters. The fraction of sp³-hybridized carbons (Fsp3) is 1.00. The fourth-order valence-electron chi connectivity index (χ4n) is 4.02. The van der Waals surface area contributed by atoms with Crippen molar-refractivity contribution in [1.29, 1.82) is 0 Å². The topological polar surface area (TPSA) is 46.1 Å². The monoisotopic (exact) mass is 568 g/mol. The van der Waals surface area contributed by atoms with E-state index in [1.54, 1.807) is 0 Å². The molecule has 0 atom stereocenters. The Balaban J connectivity index is -0.000000167. The van der Waals surface area contributed by atoms with Crippen LogP contribution in [0.4, 0.5) is 0 Å². The van der Waals surface area contributed by atoms with Gasteiger partial charge in [0.25, 0.3) is 0 Å². The van der Waals surface area contributed by atoms with Crippen LogP contribution in [0.25, 0.3) is 0 Å². The molecule has 0 radical (unpaired) electrons. The van der Waals surface area contributed by atoms with Crippen LogP contribution >= 0.6 is 27.5 Å². The minimum absolute atomic E-state index is 0.420. The van der Waals surface area contributed by atoms with Crippen LogP contribution < -0.4 is 9.79 Å². The smallest absolute Gasteiger partial charge is 0.0565 e. The third-order valence-electron chi connectivity index (χ3n) is 8.05. The highest BCUT2D eigenvalue weighted by molar-refractivity contribution is 8.49. The van der Waals surface area contributed by atoms with Crippen LogP contribution in [0.3, 0.4) is 0 Å². The molecule has 8 heteroatoms. The molecule has 0 aromatic heterocycles. The Bertz CT molecular complexity index is 325. The summed E-state index contributed by atoms with van der Waals surface area (Å²) in [5, 5.41) is 0. The van der Waals surface area contributed by atoms with Crippen LogP contribution in [-0.2, 0) is 24.1 Å². The molecular formula is C24H60O2P4S2. The zero-order valence-electron chi connectivity index (χ0n) is 23.9. The largest absolute Gasteiger partial charge is 0.850 e. The first kappa shape index (κ1) is 41.3. The van der Waals surface area contributed by atoms with E-state index in [1.807, 2.05) is 0 Å². The zero-order valence-corrected chi connectivity index (χ0v) is 29.1. The molecule has 0 saturated carbocycles. The molecule has 0 aliphatic rings. The minimum atomic E-state index is -3.72. The van der Waals surface area contributed by atoms with Crippen LogP contribution in [0.5, 0.6) is 0 Å². The Morgan fingerprint density at radius 2 is 0.500 bits per heavy atom. The van der Waals surface area contributed by atoms with Crippen molar-refractivity contribution in [3.8, 4) is 0 Å². The second-order valence-corrected chi connectivity index (χ2v) is 28.4. The third-order valence-corrected chi connectivity index (χ3v) is 24.1. The van der Waals surface area contributed by atoms with Crippen LogP contribution in [0, 0.1) is 0 Å². The average Bonchev–Trinajstić information content (AvgIpc) is 2.80. The second kappa shape index (κ2) is 23.6. The summed E-state index contributed by atoms with van der Waals surface area (Å²) in [6.45, 7) is 28.2. The molecule has 0 saturated heterocycles. The van der Waals surface area contributed by atoms with Crippen molar-refractivity contribution in [1.82, 2.24) is 0 Å². The number of rotatable bonds is 12. The summed E-state index contributed by atoms with van der Waals surface area (Å²) >= 11 is 7.28. The van der Waals surface area contributed by atoms with Crippen molar-refractivity contribution in [2.75, 3.05) is 73.9 Å². The first-order valence-electron chi connectivity index (χ1n) is 13.0. The van der Waals surface area contributed by atoms with Crippen molar-refractivity contribution in [3.63, 3.8) is 0 Å². The van der Waals surface area contributed by atoms with E-state index in [9.17, 15) is 9.79 Å². The Morgan fingerprint density at radius 1 is 0.438 bits per heavy atom. The molecule has 0 aliphatic carbocycles. The van der Waals surface area contributed by atoms with Crippen molar-refractivity contribution < 1.29 is 9.79 Å². The molecule has 0 bridgehead atoms. The van der Waals surface area contributed by atoms with Gasteiger partial charge in [0.2, 0.25) is 0 Å².